The SMILES string of the molecule is COc1ncc2c(n1)C(=O)OC2=O. The number of esters is 2. The molecule has 6 heteroatoms. The minimum atomic E-state index is -0.763. The van der Waals surface area contributed by atoms with E-state index in [-0.39, 0.29) is 17.3 Å². The summed E-state index contributed by atoms with van der Waals surface area (Å²) in [6.45, 7) is 0. The van der Waals surface area contributed by atoms with Gasteiger partial charge in [-0.1, -0.05) is 0 Å². The molecule has 0 spiro atoms. The molecule has 13 heavy (non-hydrogen) atoms. The van der Waals surface area contributed by atoms with Crippen molar-refractivity contribution in [1.29, 1.82) is 0 Å². The van der Waals surface area contributed by atoms with E-state index in [9.17, 15) is 9.59 Å². The van der Waals surface area contributed by atoms with Gasteiger partial charge in [0.2, 0.25) is 0 Å². The van der Waals surface area contributed by atoms with Crippen molar-refractivity contribution in [2.75, 3.05) is 7.11 Å². The summed E-state index contributed by atoms with van der Waals surface area (Å²) in [5.41, 5.74) is 0.0302. The minimum absolute atomic E-state index is 0.0328. The molecule has 0 bridgehead atoms. The molecule has 0 N–H and O–H groups in total. The molecule has 0 radical (unpaired) electrons. The molecule has 0 saturated heterocycles. The van der Waals surface area contributed by atoms with Crippen molar-refractivity contribution >= 4 is 11.9 Å². The molecule has 6 nitrogen and oxygen atoms in total. The van der Waals surface area contributed by atoms with Crippen LogP contribution in [-0.2, 0) is 4.74 Å². The van der Waals surface area contributed by atoms with Crippen LogP contribution in [-0.4, -0.2) is 29.0 Å². The van der Waals surface area contributed by atoms with Gasteiger partial charge in [0.25, 0.3) is 0 Å². The molecule has 1 aromatic rings. The van der Waals surface area contributed by atoms with E-state index >= 15 is 0 Å². The molecule has 0 amide bonds. The quantitative estimate of drug-likeness (QED) is 0.439. The number of nitrogens with zero attached hydrogens (tertiary/aromatic N) is 2. The number of ether oxygens (including phenoxy) is 2. The van der Waals surface area contributed by atoms with E-state index in [2.05, 4.69) is 19.4 Å². The van der Waals surface area contributed by atoms with Gasteiger partial charge in [0, 0.05) is 6.20 Å². The molecule has 0 atom stereocenters. The Kier molecular flexibility index (Phi) is 1.48. The fourth-order valence-electron chi connectivity index (χ4n) is 0.956. The van der Waals surface area contributed by atoms with Crippen LogP contribution in [0.4, 0.5) is 0 Å². The third-order valence-corrected chi connectivity index (χ3v) is 1.55. The van der Waals surface area contributed by atoms with Crippen LogP contribution in [0.5, 0.6) is 6.01 Å². The molecule has 0 aromatic carbocycles. The largest absolute Gasteiger partial charge is 0.467 e. The van der Waals surface area contributed by atoms with Crippen molar-refractivity contribution in [3.63, 3.8) is 0 Å². The first kappa shape index (κ1) is 7.66. The Morgan fingerprint density at radius 3 is 2.85 bits per heavy atom. The first-order valence-corrected chi connectivity index (χ1v) is 3.40. The van der Waals surface area contributed by atoms with Gasteiger partial charge in [0.15, 0.2) is 5.69 Å². The van der Waals surface area contributed by atoms with E-state index in [1.807, 2.05) is 0 Å². The maximum Gasteiger partial charge on any atom is 0.366 e. The number of methoxy groups -OCH3 is 1. The molecular weight excluding hydrogens is 176 g/mol. The number of aromatic nitrogens is 2. The Balaban J connectivity index is 2.58. The van der Waals surface area contributed by atoms with Crippen LogP contribution in [0.1, 0.15) is 20.8 Å². The first-order chi connectivity index (χ1) is 6.22. The average molecular weight is 180 g/mol. The molecule has 1 aromatic heterocycles. The molecule has 2 rings (SSSR count). The monoisotopic (exact) mass is 180 g/mol. The maximum absolute atomic E-state index is 11.0. The molecule has 0 aliphatic carbocycles. The van der Waals surface area contributed by atoms with E-state index in [0.29, 0.717) is 0 Å². The number of carbonyl (C=O) groups excluding carboxylic acids is 2. The topological polar surface area (TPSA) is 78.4 Å². The summed E-state index contributed by atoms with van der Waals surface area (Å²) >= 11 is 0. The van der Waals surface area contributed by atoms with Crippen LogP contribution in [0.15, 0.2) is 6.20 Å². The summed E-state index contributed by atoms with van der Waals surface area (Å²) in [5.74, 6) is -1.48. The summed E-state index contributed by atoms with van der Waals surface area (Å²) < 4.78 is 8.98. The Bertz CT molecular complexity index is 401. The van der Waals surface area contributed by atoms with Crippen LogP contribution in [0.25, 0.3) is 0 Å². The highest BCUT2D eigenvalue weighted by Gasteiger charge is 2.32. The van der Waals surface area contributed by atoms with Crippen molar-refractivity contribution < 1.29 is 19.1 Å². The summed E-state index contributed by atoms with van der Waals surface area (Å²) in [6.07, 6.45) is 1.20. The van der Waals surface area contributed by atoms with Crippen molar-refractivity contribution in [2.24, 2.45) is 0 Å². The molecule has 1 aliphatic heterocycles. The van der Waals surface area contributed by atoms with E-state index in [1.165, 1.54) is 13.3 Å². The van der Waals surface area contributed by atoms with Crippen molar-refractivity contribution in [3.8, 4) is 6.01 Å². The fourth-order valence-corrected chi connectivity index (χ4v) is 0.956. The Labute approximate surface area is 72.5 Å². The summed E-state index contributed by atoms with van der Waals surface area (Å²) in [4.78, 5) is 29.2. The van der Waals surface area contributed by atoms with Gasteiger partial charge in [0.1, 0.15) is 5.56 Å². The number of carbonyl (C=O) groups is 2. The molecule has 0 saturated carbocycles. The maximum atomic E-state index is 11.0. The predicted molar refractivity (Wildman–Crippen MR) is 38.3 cm³/mol. The Morgan fingerprint density at radius 2 is 2.15 bits per heavy atom. The van der Waals surface area contributed by atoms with Crippen LogP contribution in [0.2, 0.25) is 0 Å². The van der Waals surface area contributed by atoms with Gasteiger partial charge in [-0.3, -0.25) is 0 Å². The van der Waals surface area contributed by atoms with E-state index in [0.717, 1.165) is 0 Å². The van der Waals surface area contributed by atoms with Crippen molar-refractivity contribution in [2.45, 2.75) is 0 Å². The van der Waals surface area contributed by atoms with Gasteiger partial charge in [0.05, 0.1) is 7.11 Å². The number of hydrogen-bond acceptors (Lipinski definition) is 6. The standard InChI is InChI=1S/C7H4N2O4/c1-12-7-8-2-3-4(9-7)6(11)13-5(3)10/h2H,1H3. The van der Waals surface area contributed by atoms with E-state index in [4.69, 9.17) is 0 Å². The molecule has 0 fully saturated rings. The third kappa shape index (κ3) is 1.03. The van der Waals surface area contributed by atoms with E-state index < -0.39 is 11.9 Å². The summed E-state index contributed by atoms with van der Waals surface area (Å²) in [7, 11) is 1.36. The second kappa shape index (κ2) is 2.51. The lowest BCUT2D eigenvalue weighted by atomic mass is 10.3. The van der Waals surface area contributed by atoms with E-state index in [1.54, 1.807) is 0 Å². The normalized spacial score (nSPS) is 13.9. The highest BCUT2D eigenvalue weighted by atomic mass is 16.6. The minimum Gasteiger partial charge on any atom is -0.467 e. The highest BCUT2D eigenvalue weighted by molar-refractivity contribution is 6.13. The second-order valence-electron chi connectivity index (χ2n) is 2.30. The molecule has 1 aliphatic rings. The Morgan fingerprint density at radius 1 is 1.38 bits per heavy atom. The number of fused-ring (bicyclic) bond motifs is 1. The van der Waals surface area contributed by atoms with Crippen LogP contribution < -0.4 is 4.74 Å². The molecule has 0 unspecified atom stereocenters. The number of cyclic esters (lactones) is 2. The van der Waals surface area contributed by atoms with Gasteiger partial charge in [-0.2, -0.15) is 4.98 Å². The summed E-state index contributed by atoms with van der Waals surface area (Å²) in [5, 5.41) is 0. The zero-order valence-corrected chi connectivity index (χ0v) is 6.60. The average Bonchev–Trinajstić information content (AvgIpc) is 2.42. The van der Waals surface area contributed by atoms with Crippen LogP contribution in [0.3, 0.4) is 0 Å². The lowest BCUT2D eigenvalue weighted by molar-refractivity contribution is 0.0441. The van der Waals surface area contributed by atoms with Crippen molar-refractivity contribution in [3.05, 3.63) is 17.5 Å². The van der Waals surface area contributed by atoms with Gasteiger partial charge in [-0.15, -0.1) is 0 Å². The molecular formula is C7H4N2O4. The lowest BCUT2D eigenvalue weighted by Crippen LogP contribution is -2.00. The highest BCUT2D eigenvalue weighted by Crippen LogP contribution is 2.18. The smallest absolute Gasteiger partial charge is 0.366 e. The molecule has 66 valence electrons. The lowest BCUT2D eigenvalue weighted by Gasteiger charge is -1.95. The van der Waals surface area contributed by atoms with Crippen LogP contribution in [0, 0.1) is 0 Å². The summed E-state index contributed by atoms with van der Waals surface area (Å²) in [6, 6.07) is 0.0328. The van der Waals surface area contributed by atoms with Gasteiger partial charge >= 0.3 is 17.9 Å². The number of hydrogen-bond donors (Lipinski definition) is 0. The predicted octanol–water partition coefficient (Wildman–Crippen LogP) is -0.204. The fraction of sp³-hybridized carbons (Fsp3) is 0.143. The Hall–Kier alpha value is -1.98. The van der Waals surface area contributed by atoms with Gasteiger partial charge in [-0.25, -0.2) is 14.6 Å². The zero-order chi connectivity index (χ0) is 9.42. The molecule has 2 heterocycles. The van der Waals surface area contributed by atoms with Gasteiger partial charge < -0.3 is 9.47 Å². The van der Waals surface area contributed by atoms with Crippen LogP contribution >= 0.6 is 0 Å². The second-order valence-corrected chi connectivity index (χ2v) is 2.30. The number of rotatable bonds is 1. The third-order valence-electron chi connectivity index (χ3n) is 1.55. The van der Waals surface area contributed by atoms with Crippen molar-refractivity contribution in [1.82, 2.24) is 9.97 Å². The first-order valence-electron chi connectivity index (χ1n) is 3.40. The van der Waals surface area contributed by atoms with Gasteiger partial charge in [-0.05, 0) is 0 Å². The zero-order valence-electron chi connectivity index (χ0n) is 6.60.